The highest BCUT2D eigenvalue weighted by Gasteiger charge is 2.32. The van der Waals surface area contributed by atoms with E-state index in [1.807, 2.05) is 49.6 Å². The normalized spacial score (nSPS) is 14.2. The van der Waals surface area contributed by atoms with Crippen LogP contribution in [0.5, 0.6) is 5.75 Å². The molecule has 2 atom stereocenters. The van der Waals surface area contributed by atoms with Crippen LogP contribution in [-0.2, 0) is 11.3 Å². The molecular formula is C20H27N5O2S. The van der Waals surface area contributed by atoms with Crippen LogP contribution >= 0.6 is 11.8 Å². The zero-order valence-electron chi connectivity index (χ0n) is 17.2. The Morgan fingerprint density at radius 1 is 1.32 bits per heavy atom. The maximum atomic E-state index is 12.6. The summed E-state index contributed by atoms with van der Waals surface area (Å²) in [5, 5.41) is 21.1. The van der Waals surface area contributed by atoms with E-state index in [4.69, 9.17) is 4.74 Å². The molecule has 1 heterocycles. The number of rotatable bonds is 8. The average Bonchev–Trinajstić information content (AvgIpc) is 3.10. The van der Waals surface area contributed by atoms with E-state index in [0.29, 0.717) is 11.7 Å². The van der Waals surface area contributed by atoms with Crippen LogP contribution in [0.2, 0.25) is 0 Å². The summed E-state index contributed by atoms with van der Waals surface area (Å²) >= 11 is 1.33. The molecule has 1 aromatic heterocycles. The van der Waals surface area contributed by atoms with Gasteiger partial charge in [-0.1, -0.05) is 25.6 Å². The molecule has 1 N–H and O–H groups in total. The van der Waals surface area contributed by atoms with E-state index in [2.05, 4.69) is 21.6 Å². The lowest BCUT2D eigenvalue weighted by atomic mass is 9.90. The van der Waals surface area contributed by atoms with Crippen LogP contribution in [0.15, 0.2) is 29.4 Å². The summed E-state index contributed by atoms with van der Waals surface area (Å²) in [6.07, 6.45) is 0. The largest absolute Gasteiger partial charge is 0.497 e. The van der Waals surface area contributed by atoms with Crippen molar-refractivity contribution in [2.75, 3.05) is 7.11 Å². The van der Waals surface area contributed by atoms with Crippen molar-refractivity contribution in [3.63, 3.8) is 0 Å². The van der Waals surface area contributed by atoms with E-state index in [-0.39, 0.29) is 11.8 Å². The predicted molar refractivity (Wildman–Crippen MR) is 110 cm³/mol. The highest BCUT2D eigenvalue weighted by molar-refractivity contribution is 8.00. The Hall–Kier alpha value is -2.53. The Balaban J connectivity index is 2.19. The number of hydrogen-bond acceptors (Lipinski definition) is 6. The first kappa shape index (κ1) is 21.8. The van der Waals surface area contributed by atoms with Crippen molar-refractivity contribution in [2.45, 2.75) is 57.1 Å². The van der Waals surface area contributed by atoms with Crippen LogP contribution in [0.1, 0.15) is 34.6 Å². The maximum Gasteiger partial charge on any atom is 0.234 e. The maximum absolute atomic E-state index is 12.6. The number of carbonyl (C=O) groups is 1. The van der Waals surface area contributed by atoms with Gasteiger partial charge in [-0.3, -0.25) is 4.79 Å². The fourth-order valence-corrected chi connectivity index (χ4v) is 3.40. The molecule has 0 aliphatic carbocycles. The number of ether oxygens (including phenoxy) is 1. The number of nitrogens with one attached hydrogen (secondary N) is 1. The van der Waals surface area contributed by atoms with Gasteiger partial charge >= 0.3 is 0 Å². The van der Waals surface area contributed by atoms with E-state index in [1.165, 1.54) is 11.8 Å². The number of hydrogen-bond donors (Lipinski definition) is 1. The zero-order chi connectivity index (χ0) is 20.9. The third-order valence-electron chi connectivity index (χ3n) is 4.80. The van der Waals surface area contributed by atoms with Crippen molar-refractivity contribution < 1.29 is 9.53 Å². The third kappa shape index (κ3) is 4.65. The number of thioether (sulfide) groups is 1. The molecule has 0 saturated carbocycles. The van der Waals surface area contributed by atoms with Gasteiger partial charge in [-0.25, -0.2) is 0 Å². The topological polar surface area (TPSA) is 92.8 Å². The van der Waals surface area contributed by atoms with Crippen LogP contribution < -0.4 is 10.1 Å². The van der Waals surface area contributed by atoms with Crippen molar-refractivity contribution in [1.29, 1.82) is 5.26 Å². The Kier molecular flexibility index (Phi) is 7.08. The number of aromatic nitrogens is 3. The van der Waals surface area contributed by atoms with E-state index in [9.17, 15) is 10.1 Å². The number of nitrogens with zero attached hydrogens (tertiary/aromatic N) is 4. The number of amides is 1. The second kappa shape index (κ2) is 9.11. The molecule has 0 bridgehead atoms. The van der Waals surface area contributed by atoms with Gasteiger partial charge in [0.05, 0.1) is 18.4 Å². The first-order valence-corrected chi connectivity index (χ1v) is 10.1. The first-order chi connectivity index (χ1) is 13.3. The van der Waals surface area contributed by atoms with Gasteiger partial charge < -0.3 is 14.6 Å². The highest BCUT2D eigenvalue weighted by Crippen LogP contribution is 2.28. The fraction of sp³-hybridized carbons (Fsp3) is 0.500. The van der Waals surface area contributed by atoms with E-state index in [1.54, 1.807) is 21.0 Å². The molecule has 0 radical (unpaired) electrons. The minimum Gasteiger partial charge on any atom is -0.497 e. The van der Waals surface area contributed by atoms with Gasteiger partial charge in [-0.15, -0.1) is 10.2 Å². The molecule has 0 unspecified atom stereocenters. The smallest absolute Gasteiger partial charge is 0.234 e. The lowest BCUT2D eigenvalue weighted by Gasteiger charge is -2.28. The van der Waals surface area contributed by atoms with Crippen molar-refractivity contribution >= 4 is 17.7 Å². The molecule has 0 fully saturated rings. The van der Waals surface area contributed by atoms with Gasteiger partial charge in [-0.2, -0.15) is 5.26 Å². The highest BCUT2D eigenvalue weighted by atomic mass is 32.2. The summed E-state index contributed by atoms with van der Waals surface area (Å²) in [5.41, 5.74) is 0.0226. The van der Waals surface area contributed by atoms with Gasteiger partial charge in [0.2, 0.25) is 5.91 Å². The monoisotopic (exact) mass is 401 g/mol. The predicted octanol–water partition coefficient (Wildman–Crippen LogP) is 3.51. The number of methoxy groups -OCH3 is 1. The van der Waals surface area contributed by atoms with Crippen LogP contribution in [0, 0.1) is 17.2 Å². The molecule has 2 rings (SSSR count). The molecule has 0 aliphatic rings. The molecule has 0 aliphatic heterocycles. The minimum absolute atomic E-state index is 0.000352. The Labute approximate surface area is 170 Å². The fourth-order valence-electron chi connectivity index (χ4n) is 2.49. The summed E-state index contributed by atoms with van der Waals surface area (Å²) in [5.74, 6) is 1.32. The molecule has 7 nitrogen and oxygen atoms in total. The van der Waals surface area contributed by atoms with Crippen molar-refractivity contribution in [3.05, 3.63) is 24.3 Å². The molecule has 2 aromatic rings. The lowest BCUT2D eigenvalue weighted by Crippen LogP contribution is -2.51. The molecular weight excluding hydrogens is 374 g/mol. The van der Waals surface area contributed by atoms with Crippen molar-refractivity contribution in [3.8, 4) is 23.2 Å². The van der Waals surface area contributed by atoms with Crippen LogP contribution in [0.4, 0.5) is 0 Å². The minimum atomic E-state index is -0.904. The summed E-state index contributed by atoms with van der Waals surface area (Å²) in [4.78, 5) is 12.6. The van der Waals surface area contributed by atoms with Gasteiger partial charge in [0.1, 0.15) is 11.3 Å². The molecule has 0 spiro atoms. The van der Waals surface area contributed by atoms with E-state index >= 15 is 0 Å². The zero-order valence-corrected chi connectivity index (χ0v) is 18.0. The van der Waals surface area contributed by atoms with Crippen LogP contribution in [0.25, 0.3) is 11.4 Å². The Morgan fingerprint density at radius 3 is 2.46 bits per heavy atom. The van der Waals surface area contributed by atoms with E-state index < -0.39 is 10.8 Å². The van der Waals surface area contributed by atoms with E-state index in [0.717, 1.165) is 17.1 Å². The van der Waals surface area contributed by atoms with Crippen LogP contribution in [-0.4, -0.2) is 38.6 Å². The van der Waals surface area contributed by atoms with Gasteiger partial charge in [0.25, 0.3) is 0 Å². The molecule has 1 aromatic carbocycles. The molecule has 1 amide bonds. The second-order valence-electron chi connectivity index (χ2n) is 7.00. The second-order valence-corrected chi connectivity index (χ2v) is 8.31. The summed E-state index contributed by atoms with van der Waals surface area (Å²) in [6.45, 7) is 10.1. The van der Waals surface area contributed by atoms with Gasteiger partial charge in [-0.05, 0) is 51.0 Å². The first-order valence-electron chi connectivity index (χ1n) is 9.23. The lowest BCUT2D eigenvalue weighted by molar-refractivity contribution is -0.121. The average molecular weight is 402 g/mol. The number of nitriles is 1. The third-order valence-corrected chi connectivity index (χ3v) is 5.88. The van der Waals surface area contributed by atoms with Gasteiger partial charge in [0.15, 0.2) is 11.0 Å². The Bertz CT molecular complexity index is 856. The standard InChI is InChI=1S/C20H27N5O2S/c1-7-25-17(15-8-10-16(27-6)11-9-15)23-24-19(25)28-14(4)18(26)22-20(5,12-21)13(2)3/h8-11,13-14H,7H2,1-6H3,(H,22,26)/t14-,20+/m1/s1. The summed E-state index contributed by atoms with van der Waals surface area (Å²) < 4.78 is 7.17. The van der Waals surface area contributed by atoms with Crippen LogP contribution in [0.3, 0.4) is 0 Å². The Morgan fingerprint density at radius 2 is 1.96 bits per heavy atom. The molecule has 150 valence electrons. The molecule has 8 heteroatoms. The quantitative estimate of drug-likeness (QED) is 0.681. The summed E-state index contributed by atoms with van der Waals surface area (Å²) in [6, 6.07) is 9.82. The molecule has 0 saturated heterocycles. The number of carbonyl (C=O) groups excluding carboxylic acids is 1. The SMILES string of the molecule is CCn1c(S[C@H](C)C(=O)N[C@@](C)(C#N)C(C)C)nnc1-c1ccc(OC)cc1. The van der Waals surface area contributed by atoms with Crippen molar-refractivity contribution in [1.82, 2.24) is 20.1 Å². The number of benzene rings is 1. The van der Waals surface area contributed by atoms with Crippen molar-refractivity contribution in [2.24, 2.45) is 5.92 Å². The van der Waals surface area contributed by atoms with Gasteiger partial charge in [0, 0.05) is 12.1 Å². The molecule has 28 heavy (non-hydrogen) atoms. The summed E-state index contributed by atoms with van der Waals surface area (Å²) in [7, 11) is 1.63.